The van der Waals surface area contributed by atoms with Crippen molar-refractivity contribution in [3.63, 3.8) is 0 Å². The third-order valence-corrected chi connectivity index (χ3v) is 3.30. The van der Waals surface area contributed by atoms with Crippen LogP contribution in [0, 0.1) is 36.5 Å². The Morgan fingerprint density at radius 2 is 1.90 bits per heavy atom. The van der Waals surface area contributed by atoms with Crippen molar-refractivity contribution >= 4 is 27.4 Å². The van der Waals surface area contributed by atoms with Gasteiger partial charge in [0.25, 0.3) is 0 Å². The highest BCUT2D eigenvalue weighted by Crippen LogP contribution is 2.26. The van der Waals surface area contributed by atoms with Gasteiger partial charge in [-0.05, 0) is 43.7 Å². The average molecular weight is 327 g/mol. The van der Waals surface area contributed by atoms with Gasteiger partial charge >= 0.3 is 0 Å². The van der Waals surface area contributed by atoms with Gasteiger partial charge in [-0.2, -0.15) is 10.5 Å². The SMILES string of the molecule is Cc1cc(C)c(C#N)c(Nc2cc(Br)ccc2C#N)n1. The minimum Gasteiger partial charge on any atom is -0.338 e. The number of hydrogen-bond donors (Lipinski definition) is 1. The number of halogens is 1. The van der Waals surface area contributed by atoms with Crippen LogP contribution in [0.25, 0.3) is 0 Å². The van der Waals surface area contributed by atoms with E-state index < -0.39 is 0 Å². The Bertz CT molecular complexity index is 754. The topological polar surface area (TPSA) is 72.5 Å². The summed E-state index contributed by atoms with van der Waals surface area (Å²) in [5.41, 5.74) is 3.28. The predicted octanol–water partition coefficient (Wildman–Crippen LogP) is 3.95. The van der Waals surface area contributed by atoms with Crippen molar-refractivity contribution in [1.29, 1.82) is 10.5 Å². The van der Waals surface area contributed by atoms with E-state index in [1.165, 1.54) is 0 Å². The molecule has 0 fully saturated rings. The summed E-state index contributed by atoms with van der Waals surface area (Å²) in [4.78, 5) is 4.35. The van der Waals surface area contributed by atoms with Crippen LogP contribution in [-0.4, -0.2) is 4.98 Å². The Hall–Kier alpha value is -2.37. The summed E-state index contributed by atoms with van der Waals surface area (Å²) in [5, 5.41) is 21.5. The van der Waals surface area contributed by atoms with Crippen LogP contribution in [0.4, 0.5) is 11.5 Å². The third-order valence-electron chi connectivity index (χ3n) is 2.81. The second kappa shape index (κ2) is 5.73. The van der Waals surface area contributed by atoms with E-state index in [9.17, 15) is 5.26 Å². The molecular formula is C15H11BrN4. The number of benzene rings is 1. The molecule has 0 atom stereocenters. The monoisotopic (exact) mass is 326 g/mol. The lowest BCUT2D eigenvalue weighted by atomic mass is 10.1. The Balaban J connectivity index is 2.54. The second-order valence-corrected chi connectivity index (χ2v) is 5.26. The van der Waals surface area contributed by atoms with E-state index in [4.69, 9.17) is 5.26 Å². The molecule has 0 radical (unpaired) electrons. The van der Waals surface area contributed by atoms with Gasteiger partial charge in [0.05, 0.1) is 16.8 Å². The number of nitrogens with one attached hydrogen (secondary N) is 1. The van der Waals surface area contributed by atoms with Gasteiger partial charge in [0, 0.05) is 10.2 Å². The molecule has 1 aromatic heterocycles. The maximum absolute atomic E-state index is 9.24. The van der Waals surface area contributed by atoms with Crippen molar-refractivity contribution in [2.45, 2.75) is 13.8 Å². The van der Waals surface area contributed by atoms with E-state index in [0.29, 0.717) is 22.6 Å². The zero-order chi connectivity index (χ0) is 14.7. The number of hydrogen-bond acceptors (Lipinski definition) is 4. The first-order valence-electron chi connectivity index (χ1n) is 5.90. The maximum atomic E-state index is 9.24. The van der Waals surface area contributed by atoms with E-state index in [1.54, 1.807) is 18.2 Å². The summed E-state index contributed by atoms with van der Waals surface area (Å²) in [7, 11) is 0. The van der Waals surface area contributed by atoms with Gasteiger partial charge in [0.1, 0.15) is 18.0 Å². The zero-order valence-corrected chi connectivity index (χ0v) is 12.6. The van der Waals surface area contributed by atoms with Gasteiger partial charge in [0.2, 0.25) is 0 Å². The number of pyridine rings is 1. The lowest BCUT2D eigenvalue weighted by molar-refractivity contribution is 1.16. The maximum Gasteiger partial charge on any atom is 0.148 e. The molecule has 1 N–H and O–H groups in total. The molecule has 0 saturated heterocycles. The van der Waals surface area contributed by atoms with Crippen LogP contribution in [0.2, 0.25) is 0 Å². The molecule has 0 spiro atoms. The summed E-state index contributed by atoms with van der Waals surface area (Å²) in [6, 6.07) is 11.4. The number of anilines is 2. The van der Waals surface area contributed by atoms with Crippen molar-refractivity contribution in [2.24, 2.45) is 0 Å². The van der Waals surface area contributed by atoms with Gasteiger partial charge < -0.3 is 5.32 Å². The van der Waals surface area contributed by atoms with Crippen LogP contribution in [-0.2, 0) is 0 Å². The van der Waals surface area contributed by atoms with Crippen molar-refractivity contribution in [3.8, 4) is 12.1 Å². The Labute approximate surface area is 125 Å². The van der Waals surface area contributed by atoms with Crippen LogP contribution in [0.15, 0.2) is 28.7 Å². The lowest BCUT2D eigenvalue weighted by Crippen LogP contribution is -2.02. The fourth-order valence-corrected chi connectivity index (χ4v) is 2.27. The molecular weight excluding hydrogens is 316 g/mol. The van der Waals surface area contributed by atoms with E-state index in [0.717, 1.165) is 15.7 Å². The highest BCUT2D eigenvalue weighted by Gasteiger charge is 2.11. The zero-order valence-electron chi connectivity index (χ0n) is 11.0. The molecule has 0 saturated carbocycles. The first-order chi connectivity index (χ1) is 9.55. The summed E-state index contributed by atoms with van der Waals surface area (Å²) in [6.45, 7) is 3.73. The minimum atomic E-state index is 0.472. The highest BCUT2D eigenvalue weighted by atomic mass is 79.9. The molecule has 0 aliphatic carbocycles. The molecule has 0 aliphatic rings. The van der Waals surface area contributed by atoms with Crippen molar-refractivity contribution in [2.75, 3.05) is 5.32 Å². The van der Waals surface area contributed by atoms with E-state index in [1.807, 2.05) is 19.9 Å². The minimum absolute atomic E-state index is 0.472. The van der Waals surface area contributed by atoms with Gasteiger partial charge in [-0.3, -0.25) is 0 Å². The molecule has 0 bridgehead atoms. The fraction of sp³-hybridized carbons (Fsp3) is 0.133. The van der Waals surface area contributed by atoms with Gasteiger partial charge in [-0.1, -0.05) is 15.9 Å². The summed E-state index contributed by atoms with van der Waals surface area (Å²) in [6.07, 6.45) is 0. The Kier molecular flexibility index (Phi) is 4.02. The number of aromatic nitrogens is 1. The quantitative estimate of drug-likeness (QED) is 0.906. The van der Waals surface area contributed by atoms with Crippen LogP contribution < -0.4 is 5.32 Å². The van der Waals surface area contributed by atoms with Crippen LogP contribution in [0.3, 0.4) is 0 Å². The molecule has 2 aromatic rings. The fourth-order valence-electron chi connectivity index (χ4n) is 1.91. The number of aryl methyl sites for hydroxylation is 2. The number of nitriles is 2. The van der Waals surface area contributed by atoms with Crippen molar-refractivity contribution in [3.05, 3.63) is 51.1 Å². The normalized spacial score (nSPS) is 9.65. The second-order valence-electron chi connectivity index (χ2n) is 4.34. The predicted molar refractivity (Wildman–Crippen MR) is 80.6 cm³/mol. The molecule has 0 unspecified atom stereocenters. The molecule has 0 aliphatic heterocycles. The standard InChI is InChI=1S/C15H11BrN4/c1-9-5-10(2)19-15(13(9)8-18)20-14-6-12(16)4-3-11(14)7-17/h3-6H,1-2H3,(H,19,20). The largest absolute Gasteiger partial charge is 0.338 e. The van der Waals surface area contributed by atoms with Gasteiger partial charge in [-0.25, -0.2) is 4.98 Å². The van der Waals surface area contributed by atoms with Crippen molar-refractivity contribution < 1.29 is 0 Å². The van der Waals surface area contributed by atoms with Gasteiger partial charge in [0.15, 0.2) is 0 Å². The summed E-state index contributed by atoms with van der Waals surface area (Å²) < 4.78 is 0.849. The molecule has 0 amide bonds. The number of nitrogens with zero attached hydrogens (tertiary/aromatic N) is 3. The Morgan fingerprint density at radius 3 is 2.55 bits per heavy atom. The van der Waals surface area contributed by atoms with Crippen molar-refractivity contribution in [1.82, 2.24) is 4.98 Å². The highest BCUT2D eigenvalue weighted by molar-refractivity contribution is 9.10. The van der Waals surface area contributed by atoms with E-state index >= 15 is 0 Å². The third kappa shape index (κ3) is 2.79. The summed E-state index contributed by atoms with van der Waals surface area (Å²) >= 11 is 3.37. The molecule has 5 heteroatoms. The van der Waals surface area contributed by atoms with E-state index in [2.05, 4.69) is 38.4 Å². The molecule has 1 heterocycles. The van der Waals surface area contributed by atoms with E-state index in [-0.39, 0.29) is 0 Å². The number of rotatable bonds is 2. The van der Waals surface area contributed by atoms with Crippen LogP contribution >= 0.6 is 15.9 Å². The summed E-state index contributed by atoms with van der Waals surface area (Å²) in [5.74, 6) is 0.472. The average Bonchev–Trinajstić information content (AvgIpc) is 2.38. The Morgan fingerprint density at radius 1 is 1.15 bits per heavy atom. The van der Waals surface area contributed by atoms with Crippen LogP contribution in [0.1, 0.15) is 22.4 Å². The van der Waals surface area contributed by atoms with Gasteiger partial charge in [-0.15, -0.1) is 0 Å². The first kappa shape index (κ1) is 14.0. The molecule has 1 aromatic carbocycles. The van der Waals surface area contributed by atoms with Crippen LogP contribution in [0.5, 0.6) is 0 Å². The molecule has 2 rings (SSSR count). The first-order valence-corrected chi connectivity index (χ1v) is 6.69. The smallest absolute Gasteiger partial charge is 0.148 e. The molecule has 20 heavy (non-hydrogen) atoms. The molecule has 98 valence electrons. The lowest BCUT2D eigenvalue weighted by Gasteiger charge is -2.11. The molecule has 4 nitrogen and oxygen atoms in total.